The van der Waals surface area contributed by atoms with Gasteiger partial charge in [-0.05, 0) is 57.9 Å². The molecule has 0 radical (unpaired) electrons. The van der Waals surface area contributed by atoms with E-state index in [1.807, 2.05) is 24.3 Å². The standard InChI is InChI=1S/C40H25ClN4/c41-38-36(44-34-22-7-5-20-32(34)42-39(44)30-18-9-14-26-12-1-3-16-28(26)30)24-11-25-37(38)45-35-23-8-6-21-33(35)43-40(45)31-19-10-15-27-13-2-4-17-29(27)31/h1-25H. The number of halogens is 1. The van der Waals surface area contributed by atoms with Crippen molar-refractivity contribution < 1.29 is 0 Å². The Hall–Kier alpha value is -5.71. The molecule has 5 heteroatoms. The van der Waals surface area contributed by atoms with Crippen LogP contribution in [0.4, 0.5) is 0 Å². The Morgan fingerprint density at radius 3 is 1.31 bits per heavy atom. The molecular formula is C40H25ClN4. The average molecular weight is 597 g/mol. The maximum absolute atomic E-state index is 7.55. The molecule has 2 heterocycles. The van der Waals surface area contributed by atoms with Crippen LogP contribution in [0, 0.1) is 0 Å². The summed E-state index contributed by atoms with van der Waals surface area (Å²) in [6, 6.07) is 52.3. The Morgan fingerprint density at radius 2 is 0.800 bits per heavy atom. The van der Waals surface area contributed by atoms with E-state index in [1.54, 1.807) is 0 Å². The normalized spacial score (nSPS) is 11.7. The SMILES string of the molecule is Clc1c(-n2c(-c3cccc4ccccc34)nc3ccccc32)cccc1-n1c(-c2cccc3ccccc23)nc2ccccc21. The number of rotatable bonds is 4. The Labute approximate surface area is 264 Å². The van der Waals surface area contributed by atoms with Gasteiger partial charge < -0.3 is 0 Å². The molecule has 0 unspecified atom stereocenters. The third-order valence-electron chi connectivity index (χ3n) is 8.62. The summed E-state index contributed by atoms with van der Waals surface area (Å²) in [6.07, 6.45) is 0. The summed E-state index contributed by atoms with van der Waals surface area (Å²) in [5.41, 5.74) is 7.61. The summed E-state index contributed by atoms with van der Waals surface area (Å²) in [6.45, 7) is 0. The van der Waals surface area contributed by atoms with Crippen LogP contribution in [0.3, 0.4) is 0 Å². The zero-order valence-corrected chi connectivity index (χ0v) is 24.9. The van der Waals surface area contributed by atoms with Gasteiger partial charge in [0.2, 0.25) is 0 Å². The van der Waals surface area contributed by atoms with E-state index < -0.39 is 0 Å². The fraction of sp³-hybridized carbons (Fsp3) is 0. The van der Waals surface area contributed by atoms with Gasteiger partial charge >= 0.3 is 0 Å². The van der Waals surface area contributed by atoms with Crippen LogP contribution in [0.15, 0.2) is 152 Å². The molecule has 0 fully saturated rings. The molecular weight excluding hydrogens is 572 g/mol. The number of benzene rings is 7. The molecule has 2 aromatic heterocycles. The Kier molecular flexibility index (Phi) is 5.83. The van der Waals surface area contributed by atoms with Crippen molar-refractivity contribution in [2.45, 2.75) is 0 Å². The largest absolute Gasteiger partial charge is 0.291 e. The third-order valence-corrected chi connectivity index (χ3v) is 9.01. The van der Waals surface area contributed by atoms with Crippen LogP contribution < -0.4 is 0 Å². The van der Waals surface area contributed by atoms with E-state index in [2.05, 4.69) is 137 Å². The molecule has 9 rings (SSSR count). The first kappa shape index (κ1) is 25.8. The van der Waals surface area contributed by atoms with E-state index in [1.165, 1.54) is 0 Å². The lowest BCUT2D eigenvalue weighted by Crippen LogP contribution is -2.04. The van der Waals surface area contributed by atoms with Crippen molar-refractivity contribution in [3.8, 4) is 34.2 Å². The van der Waals surface area contributed by atoms with Crippen LogP contribution in [0.2, 0.25) is 5.02 Å². The molecule has 212 valence electrons. The van der Waals surface area contributed by atoms with Gasteiger partial charge in [0.15, 0.2) is 0 Å². The van der Waals surface area contributed by atoms with Crippen LogP contribution >= 0.6 is 11.6 Å². The molecule has 0 atom stereocenters. The number of aromatic nitrogens is 4. The van der Waals surface area contributed by atoms with Crippen molar-refractivity contribution in [1.82, 2.24) is 19.1 Å². The monoisotopic (exact) mass is 596 g/mol. The molecule has 0 saturated carbocycles. The fourth-order valence-electron chi connectivity index (χ4n) is 6.60. The summed E-state index contributed by atoms with van der Waals surface area (Å²) < 4.78 is 4.39. The number of fused-ring (bicyclic) bond motifs is 4. The lowest BCUT2D eigenvalue weighted by atomic mass is 10.0. The quantitative estimate of drug-likeness (QED) is 0.202. The zero-order valence-electron chi connectivity index (χ0n) is 24.1. The third kappa shape index (κ3) is 4.00. The highest BCUT2D eigenvalue weighted by Crippen LogP contribution is 2.40. The Morgan fingerprint density at radius 1 is 0.400 bits per heavy atom. The van der Waals surface area contributed by atoms with E-state index in [9.17, 15) is 0 Å². The van der Waals surface area contributed by atoms with Gasteiger partial charge in [0.25, 0.3) is 0 Å². The van der Waals surface area contributed by atoms with E-state index in [-0.39, 0.29) is 0 Å². The highest BCUT2D eigenvalue weighted by molar-refractivity contribution is 6.34. The number of hydrogen-bond donors (Lipinski definition) is 0. The topological polar surface area (TPSA) is 35.6 Å². The second-order valence-electron chi connectivity index (χ2n) is 11.2. The lowest BCUT2D eigenvalue weighted by Gasteiger charge is -2.17. The predicted molar refractivity (Wildman–Crippen MR) is 187 cm³/mol. The molecule has 0 N–H and O–H groups in total. The van der Waals surface area contributed by atoms with Gasteiger partial charge in [-0.15, -0.1) is 0 Å². The second-order valence-corrected chi connectivity index (χ2v) is 11.6. The summed E-state index contributed by atoms with van der Waals surface area (Å²) >= 11 is 7.55. The molecule has 0 saturated heterocycles. The van der Waals surface area contributed by atoms with Gasteiger partial charge in [-0.25, -0.2) is 9.97 Å². The van der Waals surface area contributed by atoms with Gasteiger partial charge in [-0.3, -0.25) is 9.13 Å². The van der Waals surface area contributed by atoms with Crippen LogP contribution in [0.5, 0.6) is 0 Å². The van der Waals surface area contributed by atoms with Crippen molar-refractivity contribution in [1.29, 1.82) is 0 Å². The molecule has 7 aromatic carbocycles. The molecule has 4 nitrogen and oxygen atoms in total. The minimum absolute atomic E-state index is 0.617. The summed E-state index contributed by atoms with van der Waals surface area (Å²) in [4.78, 5) is 10.4. The summed E-state index contributed by atoms with van der Waals surface area (Å²) in [5, 5.41) is 5.23. The van der Waals surface area contributed by atoms with Crippen molar-refractivity contribution in [2.75, 3.05) is 0 Å². The first-order valence-electron chi connectivity index (χ1n) is 15.0. The zero-order chi connectivity index (χ0) is 29.9. The van der Waals surface area contributed by atoms with Crippen molar-refractivity contribution >= 4 is 55.2 Å². The van der Waals surface area contributed by atoms with Crippen molar-refractivity contribution in [2.24, 2.45) is 0 Å². The molecule has 0 amide bonds. The van der Waals surface area contributed by atoms with E-state index in [4.69, 9.17) is 21.6 Å². The molecule has 0 aliphatic heterocycles. The number of hydrogen-bond acceptors (Lipinski definition) is 2. The number of para-hydroxylation sites is 4. The molecule has 0 spiro atoms. The summed E-state index contributed by atoms with van der Waals surface area (Å²) in [5.74, 6) is 1.69. The van der Waals surface area contributed by atoms with Gasteiger partial charge in [-0.1, -0.05) is 127 Å². The Bertz CT molecular complexity index is 2390. The van der Waals surface area contributed by atoms with Gasteiger partial charge in [0, 0.05) is 11.1 Å². The predicted octanol–water partition coefficient (Wildman–Crippen LogP) is 10.7. The van der Waals surface area contributed by atoms with Crippen molar-refractivity contribution in [3.63, 3.8) is 0 Å². The van der Waals surface area contributed by atoms with Gasteiger partial charge in [0.05, 0.1) is 38.5 Å². The Balaban J connectivity index is 1.34. The maximum atomic E-state index is 7.55. The van der Waals surface area contributed by atoms with E-state index in [0.717, 1.165) is 77.8 Å². The second kappa shape index (κ2) is 10.2. The lowest BCUT2D eigenvalue weighted by molar-refractivity contribution is 1.07. The maximum Gasteiger partial charge on any atom is 0.146 e. The van der Waals surface area contributed by atoms with Gasteiger partial charge in [0.1, 0.15) is 11.6 Å². The number of nitrogens with zero attached hydrogens (tertiary/aromatic N) is 4. The molecule has 45 heavy (non-hydrogen) atoms. The smallest absolute Gasteiger partial charge is 0.146 e. The highest BCUT2D eigenvalue weighted by Gasteiger charge is 2.22. The van der Waals surface area contributed by atoms with Crippen LogP contribution in [0.1, 0.15) is 0 Å². The fourth-order valence-corrected chi connectivity index (χ4v) is 6.89. The molecule has 0 bridgehead atoms. The van der Waals surface area contributed by atoms with Crippen LogP contribution in [-0.2, 0) is 0 Å². The molecule has 0 aliphatic carbocycles. The molecule has 0 aliphatic rings. The first-order valence-corrected chi connectivity index (χ1v) is 15.3. The average Bonchev–Trinajstić information content (AvgIpc) is 3.67. The number of imidazole rings is 2. The highest BCUT2D eigenvalue weighted by atomic mass is 35.5. The van der Waals surface area contributed by atoms with E-state index >= 15 is 0 Å². The van der Waals surface area contributed by atoms with Crippen LogP contribution in [-0.4, -0.2) is 19.1 Å². The van der Waals surface area contributed by atoms with Crippen molar-refractivity contribution in [3.05, 3.63) is 157 Å². The minimum atomic E-state index is 0.617. The first-order chi connectivity index (χ1) is 22.3. The van der Waals surface area contributed by atoms with Gasteiger partial charge in [-0.2, -0.15) is 0 Å². The van der Waals surface area contributed by atoms with Crippen LogP contribution in [0.25, 0.3) is 77.8 Å². The minimum Gasteiger partial charge on any atom is -0.291 e. The van der Waals surface area contributed by atoms with E-state index in [0.29, 0.717) is 5.02 Å². The summed E-state index contributed by atoms with van der Waals surface area (Å²) in [7, 11) is 0. The molecule has 9 aromatic rings.